The largest absolute Gasteiger partial charge is 0.491 e. The second-order valence-electron chi connectivity index (χ2n) is 4.49. The molecular weight excluding hydrogens is 259 g/mol. The Balaban J connectivity index is 1.95. The van der Waals surface area contributed by atoms with E-state index in [9.17, 15) is 4.39 Å². The van der Waals surface area contributed by atoms with Crippen LogP contribution in [0.25, 0.3) is 0 Å². The maximum atomic E-state index is 14.0. The Morgan fingerprint density at radius 3 is 3.05 bits per heavy atom. The van der Waals surface area contributed by atoms with Crippen LogP contribution in [0.5, 0.6) is 5.75 Å². The molecule has 1 N–H and O–H groups in total. The molecule has 0 saturated carbocycles. The molecule has 1 aliphatic heterocycles. The van der Waals surface area contributed by atoms with Crippen LogP contribution in [-0.4, -0.2) is 30.2 Å². The van der Waals surface area contributed by atoms with Gasteiger partial charge in [-0.25, -0.2) is 9.37 Å². The van der Waals surface area contributed by atoms with Crippen LogP contribution in [-0.2, 0) is 6.54 Å². The lowest BCUT2D eigenvalue weighted by molar-refractivity contribution is 0.331. The summed E-state index contributed by atoms with van der Waals surface area (Å²) in [5, 5.41) is 2.82. The number of hydrogen-bond donors (Lipinski definition) is 1. The van der Waals surface area contributed by atoms with Crippen molar-refractivity contribution in [2.24, 2.45) is 0 Å². The van der Waals surface area contributed by atoms with E-state index in [4.69, 9.17) is 4.74 Å². The molecule has 104 valence electrons. The first-order valence-electron chi connectivity index (χ1n) is 6.44. The summed E-state index contributed by atoms with van der Waals surface area (Å²) in [7, 11) is 1.71. The summed E-state index contributed by atoms with van der Waals surface area (Å²) < 4.78 is 19.6. The van der Waals surface area contributed by atoms with Crippen LogP contribution >= 0.6 is 0 Å². The molecule has 1 aromatic carbocycles. The van der Waals surface area contributed by atoms with Crippen LogP contribution in [0.4, 0.5) is 16.2 Å². The fourth-order valence-electron chi connectivity index (χ4n) is 2.21. The average Bonchev–Trinajstić information content (AvgIpc) is 2.70. The number of hydrogen-bond acceptors (Lipinski definition) is 5. The highest BCUT2D eigenvalue weighted by Crippen LogP contribution is 2.26. The normalized spacial score (nSPS) is 14.2. The predicted octanol–water partition coefficient (Wildman–Crippen LogP) is 2.06. The molecule has 2 aromatic rings. The molecule has 0 bridgehead atoms. The molecular formula is C14H15FN4O. The van der Waals surface area contributed by atoms with Crippen molar-refractivity contribution < 1.29 is 9.13 Å². The van der Waals surface area contributed by atoms with Crippen LogP contribution in [0.1, 0.15) is 5.56 Å². The Hall–Kier alpha value is -2.37. The molecule has 0 spiro atoms. The number of rotatable bonds is 2. The number of nitrogens with one attached hydrogen (secondary N) is 1. The fourth-order valence-corrected chi connectivity index (χ4v) is 2.21. The van der Waals surface area contributed by atoms with Crippen molar-refractivity contribution in [3.63, 3.8) is 0 Å². The third kappa shape index (κ3) is 2.36. The Labute approximate surface area is 116 Å². The first-order chi connectivity index (χ1) is 9.78. The van der Waals surface area contributed by atoms with E-state index in [-0.39, 0.29) is 0 Å². The summed E-state index contributed by atoms with van der Waals surface area (Å²) in [6, 6.07) is 7.78. The van der Waals surface area contributed by atoms with Crippen LogP contribution in [0.15, 0.2) is 30.5 Å². The molecule has 0 unspecified atom stereocenters. The van der Waals surface area contributed by atoms with E-state index < -0.39 is 5.82 Å². The van der Waals surface area contributed by atoms with E-state index in [1.807, 2.05) is 29.2 Å². The van der Waals surface area contributed by atoms with E-state index >= 15 is 0 Å². The number of benzene rings is 1. The van der Waals surface area contributed by atoms with E-state index in [1.54, 1.807) is 7.05 Å². The molecule has 0 aliphatic carbocycles. The number of para-hydroxylation sites is 1. The van der Waals surface area contributed by atoms with Crippen LogP contribution in [0.2, 0.25) is 0 Å². The van der Waals surface area contributed by atoms with E-state index in [0.717, 1.165) is 11.3 Å². The van der Waals surface area contributed by atoms with Gasteiger partial charge in [0.25, 0.3) is 0 Å². The predicted molar refractivity (Wildman–Crippen MR) is 74.5 cm³/mol. The summed E-state index contributed by atoms with van der Waals surface area (Å²) in [4.78, 5) is 9.93. The van der Waals surface area contributed by atoms with E-state index in [1.165, 1.54) is 6.20 Å². The summed E-state index contributed by atoms with van der Waals surface area (Å²) >= 11 is 0. The quantitative estimate of drug-likeness (QED) is 0.908. The van der Waals surface area contributed by atoms with Crippen molar-refractivity contribution in [1.29, 1.82) is 0 Å². The van der Waals surface area contributed by atoms with Gasteiger partial charge in [-0.1, -0.05) is 18.2 Å². The maximum absolute atomic E-state index is 14.0. The van der Waals surface area contributed by atoms with Gasteiger partial charge in [0.2, 0.25) is 5.95 Å². The minimum absolute atomic E-state index is 0.296. The van der Waals surface area contributed by atoms with Gasteiger partial charge >= 0.3 is 0 Å². The van der Waals surface area contributed by atoms with Gasteiger partial charge in [-0.05, 0) is 6.07 Å². The number of nitrogens with zero attached hydrogens (tertiary/aromatic N) is 3. The second-order valence-corrected chi connectivity index (χ2v) is 4.49. The van der Waals surface area contributed by atoms with Gasteiger partial charge in [-0.2, -0.15) is 4.98 Å². The van der Waals surface area contributed by atoms with Crippen molar-refractivity contribution in [2.75, 3.05) is 30.4 Å². The highest BCUT2D eigenvalue weighted by atomic mass is 19.1. The standard InChI is InChI=1S/C14H15FN4O/c1-16-14-17-8-11(15)13(18-14)19-6-7-20-12-5-3-2-4-10(12)9-19/h2-5,8H,6-7,9H2,1H3,(H,16,17,18). The number of halogens is 1. The summed E-state index contributed by atoms with van der Waals surface area (Å²) in [6.07, 6.45) is 1.19. The topological polar surface area (TPSA) is 50.3 Å². The Kier molecular flexibility index (Phi) is 3.37. The minimum Gasteiger partial charge on any atom is -0.491 e. The monoisotopic (exact) mass is 274 g/mol. The zero-order valence-corrected chi connectivity index (χ0v) is 11.1. The summed E-state index contributed by atoms with van der Waals surface area (Å²) in [5.41, 5.74) is 1.02. The number of fused-ring (bicyclic) bond motifs is 1. The molecule has 0 amide bonds. The SMILES string of the molecule is CNc1ncc(F)c(N2CCOc3ccccc3C2)n1. The Morgan fingerprint density at radius 1 is 1.35 bits per heavy atom. The molecule has 0 fully saturated rings. The van der Waals surface area contributed by atoms with Crippen LogP contribution in [0.3, 0.4) is 0 Å². The highest BCUT2D eigenvalue weighted by molar-refractivity contribution is 5.47. The van der Waals surface area contributed by atoms with Gasteiger partial charge in [0.05, 0.1) is 12.7 Å². The molecule has 20 heavy (non-hydrogen) atoms. The van der Waals surface area contributed by atoms with Gasteiger partial charge in [0, 0.05) is 19.2 Å². The smallest absolute Gasteiger partial charge is 0.224 e. The second kappa shape index (κ2) is 5.32. The molecule has 1 aromatic heterocycles. The molecule has 3 rings (SSSR count). The molecule has 0 radical (unpaired) electrons. The van der Waals surface area contributed by atoms with Gasteiger partial charge in [0.1, 0.15) is 12.4 Å². The molecule has 2 heterocycles. The van der Waals surface area contributed by atoms with Crippen molar-refractivity contribution >= 4 is 11.8 Å². The Morgan fingerprint density at radius 2 is 2.20 bits per heavy atom. The molecule has 0 saturated heterocycles. The lowest BCUT2D eigenvalue weighted by Crippen LogP contribution is -2.27. The summed E-state index contributed by atoms with van der Waals surface area (Å²) in [5.74, 6) is 1.12. The van der Waals surface area contributed by atoms with E-state index in [0.29, 0.717) is 31.5 Å². The molecule has 6 heteroatoms. The van der Waals surface area contributed by atoms with Gasteiger partial charge in [0.15, 0.2) is 11.6 Å². The maximum Gasteiger partial charge on any atom is 0.224 e. The third-order valence-electron chi connectivity index (χ3n) is 3.20. The van der Waals surface area contributed by atoms with Crippen molar-refractivity contribution in [3.8, 4) is 5.75 Å². The number of anilines is 2. The van der Waals surface area contributed by atoms with Crippen molar-refractivity contribution in [3.05, 3.63) is 41.8 Å². The molecule has 0 atom stereocenters. The lowest BCUT2D eigenvalue weighted by Gasteiger charge is -2.21. The minimum atomic E-state index is -0.427. The van der Waals surface area contributed by atoms with Gasteiger partial charge in [-0.15, -0.1) is 0 Å². The summed E-state index contributed by atoms with van der Waals surface area (Å²) in [6.45, 7) is 1.63. The first-order valence-corrected chi connectivity index (χ1v) is 6.44. The lowest BCUT2D eigenvalue weighted by atomic mass is 10.2. The zero-order valence-electron chi connectivity index (χ0n) is 11.1. The van der Waals surface area contributed by atoms with Crippen LogP contribution < -0.4 is 15.0 Å². The average molecular weight is 274 g/mol. The first kappa shape index (κ1) is 12.7. The molecule has 1 aliphatic rings. The number of ether oxygens (including phenoxy) is 1. The van der Waals surface area contributed by atoms with Crippen molar-refractivity contribution in [2.45, 2.75) is 6.54 Å². The van der Waals surface area contributed by atoms with Gasteiger partial charge in [-0.3, -0.25) is 0 Å². The Bertz CT molecular complexity index is 620. The third-order valence-corrected chi connectivity index (χ3v) is 3.20. The van der Waals surface area contributed by atoms with Gasteiger partial charge < -0.3 is 15.0 Å². The zero-order chi connectivity index (χ0) is 13.9. The molecule has 5 nitrogen and oxygen atoms in total. The van der Waals surface area contributed by atoms with Crippen LogP contribution in [0, 0.1) is 5.82 Å². The number of aromatic nitrogens is 2. The fraction of sp³-hybridized carbons (Fsp3) is 0.286. The highest BCUT2D eigenvalue weighted by Gasteiger charge is 2.19. The van der Waals surface area contributed by atoms with E-state index in [2.05, 4.69) is 15.3 Å². The van der Waals surface area contributed by atoms with Crippen molar-refractivity contribution in [1.82, 2.24) is 9.97 Å².